The van der Waals surface area contributed by atoms with Gasteiger partial charge in [-0.2, -0.15) is 5.10 Å². The van der Waals surface area contributed by atoms with Gasteiger partial charge in [0.25, 0.3) is 0 Å². The number of aromatic nitrogens is 4. The summed E-state index contributed by atoms with van der Waals surface area (Å²) in [6.45, 7) is 0.895. The number of hydrogen-bond donors (Lipinski definition) is 2. The maximum absolute atomic E-state index is 14.6. The van der Waals surface area contributed by atoms with Crippen molar-refractivity contribution >= 4 is 17.0 Å². The van der Waals surface area contributed by atoms with Crippen molar-refractivity contribution in [3.05, 3.63) is 71.2 Å². The topological polar surface area (TPSA) is 84.4 Å². The third-order valence-electron chi connectivity index (χ3n) is 7.74. The van der Waals surface area contributed by atoms with Crippen molar-refractivity contribution in [2.24, 2.45) is 11.7 Å². The number of halogens is 1. The van der Waals surface area contributed by atoms with Crippen molar-refractivity contribution in [3.8, 4) is 11.1 Å². The van der Waals surface area contributed by atoms with Gasteiger partial charge in [0.1, 0.15) is 17.5 Å². The third kappa shape index (κ3) is 2.94. The molecule has 8 heteroatoms. The quantitative estimate of drug-likeness (QED) is 0.432. The molecule has 7 rings (SSSR count). The van der Waals surface area contributed by atoms with Crippen LogP contribution in [0.1, 0.15) is 35.6 Å². The molecule has 4 heterocycles. The minimum absolute atomic E-state index is 0.249. The molecule has 3 aromatic heterocycles. The summed E-state index contributed by atoms with van der Waals surface area (Å²) in [4.78, 5) is 12.5. The van der Waals surface area contributed by atoms with Crippen LogP contribution in [0.25, 0.3) is 16.6 Å². The van der Waals surface area contributed by atoms with Gasteiger partial charge in [-0.05, 0) is 60.2 Å². The first-order valence-corrected chi connectivity index (χ1v) is 11.9. The normalized spacial score (nSPS) is 22.4. The molecule has 2 aliphatic carbocycles. The van der Waals surface area contributed by atoms with Crippen LogP contribution in [0.3, 0.4) is 0 Å². The van der Waals surface area contributed by atoms with E-state index in [-0.39, 0.29) is 11.9 Å². The first-order valence-electron chi connectivity index (χ1n) is 11.9. The largest absolute Gasteiger partial charge is 0.388 e. The van der Waals surface area contributed by atoms with Crippen LogP contribution in [0, 0.1) is 11.7 Å². The van der Waals surface area contributed by atoms with E-state index in [9.17, 15) is 4.39 Å². The Kier molecular flexibility index (Phi) is 4.24. The van der Waals surface area contributed by atoms with Crippen LogP contribution in [0.5, 0.6) is 0 Å². The standard InChI is InChI=1S/C26H26FN7/c1-29-22-8-15(27)7-20-19(22)12-23-25(20)26(33-13-14-6-18(33)11-21(14)28)31-24(30-23)10-16-9-17-4-2-3-5-34(17)32-16/h2-5,7-9,14,18,21,29H,6,10-13,28H2,1H3/t14?,18?,21-/m0/s1. The van der Waals surface area contributed by atoms with Crippen LogP contribution >= 0.6 is 0 Å². The Hall–Kier alpha value is -3.52. The lowest BCUT2D eigenvalue weighted by Gasteiger charge is -2.32. The molecule has 1 saturated carbocycles. The number of anilines is 2. The first-order chi connectivity index (χ1) is 16.6. The molecular weight excluding hydrogens is 429 g/mol. The second kappa shape index (κ2) is 7.24. The van der Waals surface area contributed by atoms with Gasteiger partial charge in [-0.25, -0.2) is 18.9 Å². The van der Waals surface area contributed by atoms with E-state index in [1.165, 1.54) is 0 Å². The van der Waals surface area contributed by atoms with Crippen molar-refractivity contribution in [1.82, 2.24) is 19.6 Å². The van der Waals surface area contributed by atoms with Crippen LogP contribution in [0.2, 0.25) is 0 Å². The van der Waals surface area contributed by atoms with Gasteiger partial charge in [0.15, 0.2) is 0 Å². The molecule has 34 heavy (non-hydrogen) atoms. The van der Waals surface area contributed by atoms with Crippen LogP contribution in [-0.4, -0.2) is 45.3 Å². The average Bonchev–Trinajstić information content (AvgIpc) is 3.58. The number of hydrogen-bond acceptors (Lipinski definition) is 6. The molecule has 2 unspecified atom stereocenters. The van der Waals surface area contributed by atoms with Crippen LogP contribution < -0.4 is 16.0 Å². The fraction of sp³-hybridized carbons (Fsp3) is 0.346. The molecule has 2 fully saturated rings. The van der Waals surface area contributed by atoms with Gasteiger partial charge >= 0.3 is 0 Å². The van der Waals surface area contributed by atoms with E-state index in [2.05, 4.69) is 16.3 Å². The zero-order chi connectivity index (χ0) is 23.0. The maximum Gasteiger partial charge on any atom is 0.140 e. The average molecular weight is 456 g/mol. The van der Waals surface area contributed by atoms with Crippen LogP contribution in [0.15, 0.2) is 42.6 Å². The smallest absolute Gasteiger partial charge is 0.140 e. The fourth-order valence-corrected chi connectivity index (χ4v) is 6.17. The summed E-state index contributed by atoms with van der Waals surface area (Å²) in [5, 5.41) is 7.87. The summed E-state index contributed by atoms with van der Waals surface area (Å²) in [5.41, 5.74) is 13.1. The van der Waals surface area contributed by atoms with Gasteiger partial charge in [0.05, 0.1) is 23.3 Å². The number of rotatable bonds is 4. The summed E-state index contributed by atoms with van der Waals surface area (Å²) in [6.07, 6.45) is 5.23. The highest BCUT2D eigenvalue weighted by Crippen LogP contribution is 2.48. The van der Waals surface area contributed by atoms with Gasteiger partial charge in [0.2, 0.25) is 0 Å². The van der Waals surface area contributed by atoms with E-state index in [1.807, 2.05) is 36.0 Å². The second-order valence-electron chi connectivity index (χ2n) is 9.78. The number of pyridine rings is 1. The molecule has 3 atom stereocenters. The predicted octanol–water partition coefficient (Wildman–Crippen LogP) is 3.39. The summed E-state index contributed by atoms with van der Waals surface area (Å²) in [7, 11) is 1.83. The third-order valence-corrected chi connectivity index (χ3v) is 7.74. The van der Waals surface area contributed by atoms with E-state index >= 15 is 0 Å². The molecule has 0 radical (unpaired) electrons. The highest BCUT2D eigenvalue weighted by molar-refractivity contribution is 5.88. The molecule has 0 amide bonds. The summed E-state index contributed by atoms with van der Waals surface area (Å²) in [5.74, 6) is 1.91. The van der Waals surface area contributed by atoms with E-state index in [1.54, 1.807) is 12.1 Å². The highest BCUT2D eigenvalue weighted by Gasteiger charge is 2.45. The SMILES string of the molecule is CNc1cc(F)cc2c1Cc1nc(Cc3cc4ccccn4n3)nc(N3CC4CC3C[C@@H]4N)c1-2. The van der Waals surface area contributed by atoms with Crippen molar-refractivity contribution < 1.29 is 4.39 Å². The molecular formula is C26H26FN7. The molecule has 3 aliphatic rings. The second-order valence-corrected chi connectivity index (χ2v) is 9.78. The minimum Gasteiger partial charge on any atom is -0.388 e. The molecule has 0 spiro atoms. The van der Waals surface area contributed by atoms with Gasteiger partial charge < -0.3 is 16.0 Å². The minimum atomic E-state index is -0.249. The lowest BCUT2D eigenvalue weighted by molar-refractivity contribution is 0.471. The Morgan fingerprint density at radius 1 is 1.18 bits per heavy atom. The molecule has 1 aromatic carbocycles. The maximum atomic E-state index is 14.6. The fourth-order valence-electron chi connectivity index (χ4n) is 6.17. The Bertz CT molecular complexity index is 1410. The van der Waals surface area contributed by atoms with Gasteiger partial charge in [-0.1, -0.05) is 6.07 Å². The van der Waals surface area contributed by atoms with E-state index < -0.39 is 0 Å². The number of fused-ring (bicyclic) bond motifs is 6. The van der Waals surface area contributed by atoms with Crippen LogP contribution in [0.4, 0.5) is 15.9 Å². The molecule has 4 aromatic rings. The van der Waals surface area contributed by atoms with Crippen molar-refractivity contribution in [3.63, 3.8) is 0 Å². The summed E-state index contributed by atoms with van der Waals surface area (Å²) >= 11 is 0. The molecule has 1 aliphatic heterocycles. The molecule has 3 N–H and O–H groups in total. The Balaban J connectivity index is 1.36. The van der Waals surface area contributed by atoms with Gasteiger partial charge in [-0.15, -0.1) is 0 Å². The number of nitrogens with zero attached hydrogens (tertiary/aromatic N) is 5. The summed E-state index contributed by atoms with van der Waals surface area (Å²) in [6, 6.07) is 11.9. The van der Waals surface area contributed by atoms with Gasteiger partial charge in [-0.3, -0.25) is 0 Å². The summed E-state index contributed by atoms with van der Waals surface area (Å²) < 4.78 is 16.4. The number of piperidine rings is 1. The lowest BCUT2D eigenvalue weighted by Crippen LogP contribution is -2.42. The number of nitrogens with one attached hydrogen (secondary N) is 1. The Morgan fingerprint density at radius 3 is 2.85 bits per heavy atom. The lowest BCUT2D eigenvalue weighted by atomic mass is 10.0. The van der Waals surface area contributed by atoms with E-state index in [0.717, 1.165) is 70.3 Å². The number of benzene rings is 1. The van der Waals surface area contributed by atoms with Gasteiger partial charge in [0, 0.05) is 49.5 Å². The van der Waals surface area contributed by atoms with Crippen LogP contribution in [-0.2, 0) is 12.8 Å². The van der Waals surface area contributed by atoms with Crippen molar-refractivity contribution in [2.45, 2.75) is 37.8 Å². The molecule has 172 valence electrons. The molecule has 7 nitrogen and oxygen atoms in total. The Morgan fingerprint density at radius 2 is 2.09 bits per heavy atom. The Labute approximate surface area is 196 Å². The first kappa shape index (κ1) is 19.9. The highest BCUT2D eigenvalue weighted by atomic mass is 19.1. The van der Waals surface area contributed by atoms with E-state index in [4.69, 9.17) is 20.8 Å². The molecule has 2 bridgehead atoms. The zero-order valence-corrected chi connectivity index (χ0v) is 19.0. The monoisotopic (exact) mass is 455 g/mol. The van der Waals surface area contributed by atoms with E-state index in [0.29, 0.717) is 24.8 Å². The predicted molar refractivity (Wildman–Crippen MR) is 130 cm³/mol. The number of nitrogens with two attached hydrogens (primary N) is 1. The van der Waals surface area contributed by atoms with Crippen molar-refractivity contribution in [1.29, 1.82) is 0 Å². The van der Waals surface area contributed by atoms with Crippen molar-refractivity contribution in [2.75, 3.05) is 23.8 Å². The zero-order valence-electron chi connectivity index (χ0n) is 19.0. The molecule has 1 saturated heterocycles.